The van der Waals surface area contributed by atoms with E-state index in [4.69, 9.17) is 0 Å². The van der Waals surface area contributed by atoms with Crippen molar-refractivity contribution in [1.29, 1.82) is 0 Å². The number of hydrogen-bond donors (Lipinski definition) is 1. The summed E-state index contributed by atoms with van der Waals surface area (Å²) in [5, 5.41) is 2.49. The van der Waals surface area contributed by atoms with Crippen LogP contribution in [0.1, 0.15) is 10.4 Å². The molecule has 4 amide bonds. The number of anilines is 1. The van der Waals surface area contributed by atoms with Crippen LogP contribution in [0.3, 0.4) is 0 Å². The second-order valence-electron chi connectivity index (χ2n) is 5.73. The van der Waals surface area contributed by atoms with E-state index < -0.39 is 0 Å². The molecule has 0 bridgehead atoms. The van der Waals surface area contributed by atoms with Crippen LogP contribution < -0.4 is 10.2 Å². The van der Waals surface area contributed by atoms with Crippen molar-refractivity contribution in [3.8, 4) is 0 Å². The van der Waals surface area contributed by atoms with Crippen LogP contribution in [0, 0.1) is 0 Å². The number of urea groups is 1. The molecule has 1 aromatic carbocycles. The van der Waals surface area contributed by atoms with E-state index >= 15 is 0 Å². The van der Waals surface area contributed by atoms with Gasteiger partial charge in [0.15, 0.2) is 0 Å². The molecule has 2 fully saturated rings. The monoisotopic (exact) mass is 302 g/mol. The van der Waals surface area contributed by atoms with Crippen molar-refractivity contribution in [2.24, 2.45) is 0 Å². The minimum absolute atomic E-state index is 0.0498. The first-order chi connectivity index (χ1) is 10.5. The molecule has 7 heteroatoms. The van der Waals surface area contributed by atoms with E-state index in [1.54, 1.807) is 11.0 Å². The third-order valence-electron chi connectivity index (χ3n) is 4.00. The maximum absolute atomic E-state index is 12.4. The lowest BCUT2D eigenvalue weighted by atomic mass is 10.0. The molecule has 0 radical (unpaired) electrons. The Kier molecular flexibility index (Phi) is 3.48. The van der Waals surface area contributed by atoms with Crippen molar-refractivity contribution in [3.05, 3.63) is 29.8 Å². The average molecular weight is 302 g/mol. The number of amides is 4. The number of nitrogens with one attached hydrogen (secondary N) is 1. The Morgan fingerprint density at radius 3 is 2.59 bits per heavy atom. The number of nitrogens with zero attached hydrogens (tertiary/aromatic N) is 3. The Morgan fingerprint density at radius 2 is 2.00 bits per heavy atom. The van der Waals surface area contributed by atoms with Crippen molar-refractivity contribution in [3.63, 3.8) is 0 Å². The molecular formula is C15H18N4O3. The second kappa shape index (κ2) is 5.32. The highest BCUT2D eigenvalue weighted by Gasteiger charge is 2.43. The van der Waals surface area contributed by atoms with Crippen molar-refractivity contribution < 1.29 is 14.4 Å². The number of imide groups is 1. The summed E-state index contributed by atoms with van der Waals surface area (Å²) >= 11 is 0. The summed E-state index contributed by atoms with van der Waals surface area (Å²) in [7, 11) is 3.84. The zero-order valence-electron chi connectivity index (χ0n) is 12.6. The highest BCUT2D eigenvalue weighted by atomic mass is 16.2. The van der Waals surface area contributed by atoms with Crippen LogP contribution in [0.2, 0.25) is 0 Å². The first kappa shape index (κ1) is 14.4. The lowest BCUT2D eigenvalue weighted by molar-refractivity contribution is -0.128. The fraction of sp³-hybridized carbons (Fsp3) is 0.400. The molecule has 2 saturated heterocycles. The zero-order chi connectivity index (χ0) is 15.9. The molecule has 0 atom stereocenters. The summed E-state index contributed by atoms with van der Waals surface area (Å²) in [4.78, 5) is 40.4. The summed E-state index contributed by atoms with van der Waals surface area (Å²) in [6.45, 7) is 0.836. The van der Waals surface area contributed by atoms with Gasteiger partial charge in [-0.15, -0.1) is 0 Å². The Labute approximate surface area is 128 Å². The molecule has 3 rings (SSSR count). The van der Waals surface area contributed by atoms with Crippen molar-refractivity contribution >= 4 is 23.5 Å². The van der Waals surface area contributed by atoms with Crippen LogP contribution >= 0.6 is 0 Å². The van der Waals surface area contributed by atoms with E-state index in [1.807, 2.05) is 37.2 Å². The fourth-order valence-electron chi connectivity index (χ4n) is 2.69. The standard InChI is InChI=1S/C15H18N4O3/c1-17(2)11-5-3-4-10(6-11)14(21)18-8-12(9-18)19-13(20)7-16-15(19)22/h3-6,12H,7-9H2,1-2H3,(H,16,22). The molecule has 0 unspecified atom stereocenters. The smallest absolute Gasteiger partial charge is 0.324 e. The SMILES string of the molecule is CN(C)c1cccc(C(=O)N2CC(N3C(=O)CNC3=O)C2)c1. The summed E-state index contributed by atoms with van der Waals surface area (Å²) in [6.07, 6.45) is 0. The molecule has 0 saturated carbocycles. The highest BCUT2D eigenvalue weighted by molar-refractivity contribution is 6.03. The number of carbonyl (C=O) groups excluding carboxylic acids is 3. The zero-order valence-corrected chi connectivity index (χ0v) is 12.6. The number of benzene rings is 1. The molecule has 2 heterocycles. The van der Waals surface area contributed by atoms with Crippen LogP contribution in [0.15, 0.2) is 24.3 Å². The quantitative estimate of drug-likeness (QED) is 0.806. The van der Waals surface area contributed by atoms with E-state index in [0.717, 1.165) is 5.69 Å². The molecule has 0 aromatic heterocycles. The van der Waals surface area contributed by atoms with Gasteiger partial charge in [-0.2, -0.15) is 0 Å². The van der Waals surface area contributed by atoms with Gasteiger partial charge in [-0.25, -0.2) is 4.79 Å². The number of likely N-dealkylation sites (tertiary alicyclic amines) is 1. The maximum Gasteiger partial charge on any atom is 0.324 e. The van der Waals surface area contributed by atoms with Crippen LogP contribution in [-0.2, 0) is 4.79 Å². The van der Waals surface area contributed by atoms with Crippen molar-refractivity contribution in [1.82, 2.24) is 15.1 Å². The van der Waals surface area contributed by atoms with Gasteiger partial charge in [0, 0.05) is 38.4 Å². The molecule has 0 spiro atoms. The van der Waals surface area contributed by atoms with Crippen LogP contribution in [0.4, 0.5) is 10.5 Å². The summed E-state index contributed by atoms with van der Waals surface area (Å²) in [6, 6.07) is 6.81. The van der Waals surface area contributed by atoms with E-state index in [-0.39, 0.29) is 30.4 Å². The minimum Gasteiger partial charge on any atom is -0.378 e. The Hall–Kier alpha value is -2.57. The summed E-state index contributed by atoms with van der Waals surface area (Å²) in [5.74, 6) is -0.302. The third-order valence-corrected chi connectivity index (χ3v) is 4.00. The lowest BCUT2D eigenvalue weighted by Crippen LogP contribution is -2.62. The average Bonchev–Trinajstić information content (AvgIpc) is 2.78. The normalized spacial score (nSPS) is 18.3. The Bertz CT molecular complexity index is 621. The predicted octanol–water partition coefficient (Wildman–Crippen LogP) is 0.129. The molecule has 2 aliphatic rings. The Morgan fingerprint density at radius 1 is 1.27 bits per heavy atom. The molecule has 1 N–H and O–H groups in total. The van der Waals surface area contributed by atoms with Gasteiger partial charge < -0.3 is 15.1 Å². The van der Waals surface area contributed by atoms with Gasteiger partial charge in [0.1, 0.15) is 0 Å². The predicted molar refractivity (Wildman–Crippen MR) is 80.7 cm³/mol. The second-order valence-corrected chi connectivity index (χ2v) is 5.73. The van der Waals surface area contributed by atoms with Gasteiger partial charge in [0.25, 0.3) is 5.91 Å². The third kappa shape index (κ3) is 2.38. The van der Waals surface area contributed by atoms with Gasteiger partial charge in [0.2, 0.25) is 5.91 Å². The minimum atomic E-state index is -0.364. The molecule has 116 valence electrons. The van der Waals surface area contributed by atoms with E-state index in [0.29, 0.717) is 18.7 Å². The van der Waals surface area contributed by atoms with Crippen molar-refractivity contribution in [2.75, 3.05) is 38.6 Å². The van der Waals surface area contributed by atoms with E-state index in [2.05, 4.69) is 5.32 Å². The highest BCUT2D eigenvalue weighted by Crippen LogP contribution is 2.22. The topological polar surface area (TPSA) is 73.0 Å². The number of hydrogen-bond acceptors (Lipinski definition) is 4. The molecule has 22 heavy (non-hydrogen) atoms. The molecule has 2 aliphatic heterocycles. The van der Waals surface area contributed by atoms with Crippen LogP contribution in [-0.4, -0.2) is 67.4 Å². The van der Waals surface area contributed by atoms with Gasteiger partial charge in [-0.3, -0.25) is 14.5 Å². The maximum atomic E-state index is 12.4. The van der Waals surface area contributed by atoms with E-state index in [1.165, 1.54) is 4.90 Å². The van der Waals surface area contributed by atoms with Crippen LogP contribution in [0.25, 0.3) is 0 Å². The fourth-order valence-corrected chi connectivity index (χ4v) is 2.69. The van der Waals surface area contributed by atoms with Gasteiger partial charge in [-0.1, -0.05) is 6.07 Å². The molecule has 0 aliphatic carbocycles. The van der Waals surface area contributed by atoms with E-state index in [9.17, 15) is 14.4 Å². The van der Waals surface area contributed by atoms with Crippen molar-refractivity contribution in [2.45, 2.75) is 6.04 Å². The number of rotatable bonds is 3. The number of carbonyl (C=O) groups is 3. The molecular weight excluding hydrogens is 284 g/mol. The first-order valence-electron chi connectivity index (χ1n) is 7.14. The molecule has 7 nitrogen and oxygen atoms in total. The lowest BCUT2D eigenvalue weighted by Gasteiger charge is -2.42. The molecule has 1 aromatic rings. The first-order valence-corrected chi connectivity index (χ1v) is 7.14. The summed E-state index contributed by atoms with van der Waals surface area (Å²) < 4.78 is 0. The Balaban J connectivity index is 1.65. The van der Waals surface area contributed by atoms with Gasteiger partial charge >= 0.3 is 6.03 Å². The largest absolute Gasteiger partial charge is 0.378 e. The van der Waals surface area contributed by atoms with Gasteiger partial charge in [-0.05, 0) is 18.2 Å². The summed E-state index contributed by atoms with van der Waals surface area (Å²) in [5.41, 5.74) is 1.57. The van der Waals surface area contributed by atoms with Gasteiger partial charge in [0.05, 0.1) is 12.6 Å². The van der Waals surface area contributed by atoms with Crippen LogP contribution in [0.5, 0.6) is 0 Å².